The SMILES string of the molecule is C1=CCC(c2cccc(N(C3=CC4c5ccccc5C=CC4C=C3)c3ccc(-c4ccc5c(c4)C=CC4C=CC6=C(C=CCC6)C54)cc3)c2)C=C1. The number of fused-ring (bicyclic) bond motifs is 7. The van der Waals surface area contributed by atoms with E-state index < -0.39 is 0 Å². The largest absolute Gasteiger partial charge is 0.311 e. The minimum atomic E-state index is 0.307. The first-order valence-corrected chi connectivity index (χ1v) is 18.7. The molecule has 6 aliphatic carbocycles. The number of anilines is 2. The lowest BCUT2D eigenvalue weighted by Gasteiger charge is -2.35. The fraction of sp³-hybridized carbons (Fsp3) is 0.160. The molecule has 10 rings (SSSR count). The summed E-state index contributed by atoms with van der Waals surface area (Å²) in [5.74, 6) is 1.93. The van der Waals surface area contributed by atoms with E-state index in [2.05, 4.69) is 187 Å². The van der Waals surface area contributed by atoms with Crippen molar-refractivity contribution in [1.82, 2.24) is 0 Å². The highest BCUT2D eigenvalue weighted by molar-refractivity contribution is 5.77. The fourth-order valence-corrected chi connectivity index (χ4v) is 9.14. The number of allylic oxidation sites excluding steroid dienone is 15. The molecule has 0 fully saturated rings. The standard InChI is InChI=1S/C50H41N/c1-2-9-34(10-3-1)40-13-8-14-44(32-40)51(45-29-25-38-18-17-36-11-4-6-15-46(36)49(38)33-45)43-27-23-35(24-28-43)41-26-30-48-42(31-41)22-21-39-20-19-37-12-5-7-16-47(37)50(39)48/h1-4,6-9,11,13-34,38-39,49-50H,5,10,12H2. The van der Waals surface area contributed by atoms with Gasteiger partial charge in [0.05, 0.1) is 0 Å². The van der Waals surface area contributed by atoms with Gasteiger partial charge < -0.3 is 4.90 Å². The number of hydrogen-bond donors (Lipinski definition) is 0. The second kappa shape index (κ2) is 12.6. The molecule has 0 radical (unpaired) electrons. The molecule has 5 unspecified atom stereocenters. The Morgan fingerprint density at radius 1 is 0.569 bits per heavy atom. The van der Waals surface area contributed by atoms with Crippen molar-refractivity contribution < 1.29 is 0 Å². The van der Waals surface area contributed by atoms with Crippen molar-refractivity contribution >= 4 is 23.5 Å². The third-order valence-corrected chi connectivity index (χ3v) is 11.8. The average molecular weight is 656 g/mol. The summed E-state index contributed by atoms with van der Waals surface area (Å²) in [4.78, 5) is 2.46. The van der Waals surface area contributed by atoms with Gasteiger partial charge in [-0.25, -0.2) is 0 Å². The molecule has 0 saturated heterocycles. The van der Waals surface area contributed by atoms with Crippen LogP contribution in [0.2, 0.25) is 0 Å². The van der Waals surface area contributed by atoms with Gasteiger partial charge in [-0.3, -0.25) is 0 Å². The molecule has 0 N–H and O–H groups in total. The molecule has 0 aliphatic heterocycles. The summed E-state index contributed by atoms with van der Waals surface area (Å²) < 4.78 is 0. The summed E-state index contributed by atoms with van der Waals surface area (Å²) in [5.41, 5.74) is 16.0. The molecule has 4 aromatic carbocycles. The average Bonchev–Trinajstić information content (AvgIpc) is 3.21. The van der Waals surface area contributed by atoms with Crippen molar-refractivity contribution in [3.8, 4) is 11.1 Å². The Labute approximate surface area is 302 Å². The second-order valence-corrected chi connectivity index (χ2v) is 14.7. The van der Waals surface area contributed by atoms with Crippen LogP contribution in [0.1, 0.15) is 64.8 Å². The Bertz CT molecular complexity index is 2310. The molecular formula is C50H41N. The zero-order valence-electron chi connectivity index (χ0n) is 28.8. The third kappa shape index (κ3) is 5.40. The Hall–Kier alpha value is -5.66. The van der Waals surface area contributed by atoms with Gasteiger partial charge in [-0.15, -0.1) is 0 Å². The summed E-state index contributed by atoms with van der Waals surface area (Å²) in [6.07, 6.45) is 38.4. The van der Waals surface area contributed by atoms with Gasteiger partial charge in [-0.2, -0.15) is 0 Å². The van der Waals surface area contributed by atoms with E-state index in [1.165, 1.54) is 67.2 Å². The molecule has 0 amide bonds. The summed E-state index contributed by atoms with van der Waals surface area (Å²) >= 11 is 0. The molecule has 0 bridgehead atoms. The fourth-order valence-electron chi connectivity index (χ4n) is 9.14. The lowest BCUT2D eigenvalue weighted by molar-refractivity contribution is 0.651. The van der Waals surface area contributed by atoms with Crippen molar-refractivity contribution in [3.05, 3.63) is 215 Å². The van der Waals surface area contributed by atoms with Gasteiger partial charge in [0, 0.05) is 46.7 Å². The highest BCUT2D eigenvalue weighted by Gasteiger charge is 2.32. The predicted octanol–water partition coefficient (Wildman–Crippen LogP) is 12.9. The highest BCUT2D eigenvalue weighted by atomic mass is 15.1. The number of nitrogens with zero attached hydrogens (tertiary/aromatic N) is 1. The maximum Gasteiger partial charge on any atom is 0.0464 e. The minimum absolute atomic E-state index is 0.307. The normalized spacial score (nSPS) is 24.7. The molecule has 1 nitrogen and oxygen atoms in total. The molecule has 246 valence electrons. The van der Waals surface area contributed by atoms with Crippen LogP contribution in [0.15, 0.2) is 187 Å². The van der Waals surface area contributed by atoms with Crippen LogP contribution in [0, 0.1) is 11.8 Å². The molecule has 0 saturated carbocycles. The van der Waals surface area contributed by atoms with Crippen LogP contribution in [0.3, 0.4) is 0 Å². The predicted molar refractivity (Wildman–Crippen MR) is 215 cm³/mol. The number of hydrogen-bond acceptors (Lipinski definition) is 1. The molecule has 0 aromatic heterocycles. The van der Waals surface area contributed by atoms with Gasteiger partial charge in [0.25, 0.3) is 0 Å². The Balaban J connectivity index is 1.01. The van der Waals surface area contributed by atoms with Crippen LogP contribution in [-0.4, -0.2) is 0 Å². The van der Waals surface area contributed by atoms with Gasteiger partial charge in [0.1, 0.15) is 0 Å². The van der Waals surface area contributed by atoms with Gasteiger partial charge in [0.2, 0.25) is 0 Å². The van der Waals surface area contributed by atoms with Gasteiger partial charge in [-0.05, 0) is 106 Å². The number of rotatable bonds is 5. The van der Waals surface area contributed by atoms with Crippen LogP contribution in [-0.2, 0) is 0 Å². The summed E-state index contributed by atoms with van der Waals surface area (Å²) in [5, 5.41) is 0. The molecule has 0 heterocycles. The molecule has 0 spiro atoms. The van der Waals surface area contributed by atoms with E-state index in [0.717, 1.165) is 19.3 Å². The van der Waals surface area contributed by atoms with Gasteiger partial charge >= 0.3 is 0 Å². The summed E-state index contributed by atoms with van der Waals surface area (Å²) in [7, 11) is 0. The first kappa shape index (κ1) is 30.2. The second-order valence-electron chi connectivity index (χ2n) is 14.7. The van der Waals surface area contributed by atoms with Crippen molar-refractivity contribution in [2.75, 3.05) is 4.90 Å². The van der Waals surface area contributed by atoms with Crippen molar-refractivity contribution in [2.45, 2.75) is 37.0 Å². The molecule has 1 heteroatoms. The van der Waals surface area contributed by atoms with E-state index >= 15 is 0 Å². The first-order chi connectivity index (χ1) is 25.3. The summed E-state index contributed by atoms with van der Waals surface area (Å²) in [6.45, 7) is 0. The Morgan fingerprint density at radius 2 is 1.41 bits per heavy atom. The highest BCUT2D eigenvalue weighted by Crippen LogP contribution is 2.47. The lowest BCUT2D eigenvalue weighted by atomic mass is 9.69. The quantitative estimate of drug-likeness (QED) is 0.207. The molecule has 4 aromatic rings. The van der Waals surface area contributed by atoms with Crippen LogP contribution in [0.4, 0.5) is 11.4 Å². The minimum Gasteiger partial charge on any atom is -0.311 e. The number of benzene rings is 4. The zero-order valence-corrected chi connectivity index (χ0v) is 28.8. The summed E-state index contributed by atoms with van der Waals surface area (Å²) in [6, 6.07) is 34.4. The van der Waals surface area contributed by atoms with E-state index in [0.29, 0.717) is 29.6 Å². The van der Waals surface area contributed by atoms with Crippen molar-refractivity contribution in [2.24, 2.45) is 11.8 Å². The molecule has 5 atom stereocenters. The zero-order chi connectivity index (χ0) is 33.7. The first-order valence-electron chi connectivity index (χ1n) is 18.7. The van der Waals surface area contributed by atoms with Gasteiger partial charge in [-0.1, -0.05) is 146 Å². The monoisotopic (exact) mass is 655 g/mol. The smallest absolute Gasteiger partial charge is 0.0464 e. The van der Waals surface area contributed by atoms with E-state index in [9.17, 15) is 0 Å². The third-order valence-electron chi connectivity index (χ3n) is 11.8. The molecule has 6 aliphatic rings. The van der Waals surface area contributed by atoms with Crippen LogP contribution in [0.5, 0.6) is 0 Å². The van der Waals surface area contributed by atoms with Gasteiger partial charge in [0.15, 0.2) is 0 Å². The molecular weight excluding hydrogens is 615 g/mol. The van der Waals surface area contributed by atoms with E-state index in [4.69, 9.17) is 0 Å². The van der Waals surface area contributed by atoms with Crippen LogP contribution >= 0.6 is 0 Å². The van der Waals surface area contributed by atoms with Crippen molar-refractivity contribution in [3.63, 3.8) is 0 Å². The maximum absolute atomic E-state index is 2.49. The maximum atomic E-state index is 2.49. The Kier molecular flexibility index (Phi) is 7.45. The van der Waals surface area contributed by atoms with E-state index in [1.54, 1.807) is 0 Å². The topological polar surface area (TPSA) is 3.24 Å². The van der Waals surface area contributed by atoms with Crippen LogP contribution in [0.25, 0.3) is 23.3 Å². The van der Waals surface area contributed by atoms with Crippen LogP contribution < -0.4 is 4.90 Å². The van der Waals surface area contributed by atoms with Crippen molar-refractivity contribution in [1.29, 1.82) is 0 Å². The van der Waals surface area contributed by atoms with E-state index in [-0.39, 0.29) is 0 Å². The van der Waals surface area contributed by atoms with E-state index in [1.807, 2.05) is 0 Å². The Morgan fingerprint density at radius 3 is 2.33 bits per heavy atom. The lowest BCUT2D eigenvalue weighted by Crippen LogP contribution is -2.22. The molecule has 51 heavy (non-hydrogen) atoms.